The minimum Gasteiger partial charge on any atom is -0.454 e. The summed E-state index contributed by atoms with van der Waals surface area (Å²) >= 11 is 0. The predicted molar refractivity (Wildman–Crippen MR) is 119 cm³/mol. The molecular weight excluding hydrogens is 408 g/mol. The Balaban J connectivity index is 1.59. The SMILES string of the molecule is CCCC(=O)N(Cc1ccc2c(c1)OCO2)C1CC(=O)N(c2ccc(C(C)C)cc2)C1=O. The molecule has 2 aliphatic rings. The van der Waals surface area contributed by atoms with Crippen LogP contribution in [0, 0.1) is 0 Å². The molecule has 0 spiro atoms. The van der Waals surface area contributed by atoms with Crippen LogP contribution in [0.5, 0.6) is 11.5 Å². The van der Waals surface area contributed by atoms with Gasteiger partial charge in [0.1, 0.15) is 6.04 Å². The molecule has 0 bridgehead atoms. The van der Waals surface area contributed by atoms with E-state index < -0.39 is 6.04 Å². The maximum atomic E-state index is 13.3. The molecule has 2 heterocycles. The lowest BCUT2D eigenvalue weighted by Crippen LogP contribution is -2.45. The molecule has 0 N–H and O–H groups in total. The number of nitrogens with zero attached hydrogens (tertiary/aromatic N) is 2. The van der Waals surface area contributed by atoms with Crippen LogP contribution in [0.25, 0.3) is 0 Å². The molecule has 1 fully saturated rings. The van der Waals surface area contributed by atoms with Crippen LogP contribution in [0.4, 0.5) is 5.69 Å². The largest absolute Gasteiger partial charge is 0.454 e. The average Bonchev–Trinajstić information content (AvgIpc) is 3.35. The number of fused-ring (bicyclic) bond motifs is 1. The first kappa shape index (κ1) is 21.9. The Labute approximate surface area is 187 Å². The smallest absolute Gasteiger partial charge is 0.257 e. The molecule has 1 atom stereocenters. The molecule has 1 unspecified atom stereocenters. The van der Waals surface area contributed by atoms with Crippen LogP contribution in [0.1, 0.15) is 57.1 Å². The number of rotatable bonds is 7. The third-order valence-electron chi connectivity index (χ3n) is 5.89. The third kappa shape index (κ3) is 4.20. The quantitative estimate of drug-likeness (QED) is 0.613. The van der Waals surface area contributed by atoms with Crippen molar-refractivity contribution in [2.24, 2.45) is 0 Å². The Morgan fingerprint density at radius 2 is 1.81 bits per heavy atom. The second-order valence-electron chi connectivity index (χ2n) is 8.49. The summed E-state index contributed by atoms with van der Waals surface area (Å²) in [4.78, 5) is 41.9. The van der Waals surface area contributed by atoms with Crippen molar-refractivity contribution in [3.63, 3.8) is 0 Å². The number of carbonyl (C=O) groups is 3. The summed E-state index contributed by atoms with van der Waals surface area (Å²) in [6.45, 7) is 6.48. The minimum absolute atomic E-state index is 0.0230. The lowest BCUT2D eigenvalue weighted by atomic mass is 10.0. The summed E-state index contributed by atoms with van der Waals surface area (Å²) in [5.74, 6) is 0.822. The maximum Gasteiger partial charge on any atom is 0.257 e. The fourth-order valence-corrected chi connectivity index (χ4v) is 4.10. The van der Waals surface area contributed by atoms with Gasteiger partial charge in [-0.1, -0.05) is 39.0 Å². The van der Waals surface area contributed by atoms with Crippen LogP contribution in [-0.4, -0.2) is 35.5 Å². The molecule has 3 amide bonds. The van der Waals surface area contributed by atoms with Crippen LogP contribution in [-0.2, 0) is 20.9 Å². The van der Waals surface area contributed by atoms with Gasteiger partial charge in [0.25, 0.3) is 5.91 Å². The molecule has 2 aromatic carbocycles. The zero-order chi connectivity index (χ0) is 22.8. The van der Waals surface area contributed by atoms with Crippen LogP contribution >= 0.6 is 0 Å². The fourth-order valence-electron chi connectivity index (χ4n) is 4.10. The van der Waals surface area contributed by atoms with Crippen molar-refractivity contribution >= 4 is 23.4 Å². The Morgan fingerprint density at radius 3 is 2.50 bits per heavy atom. The Morgan fingerprint density at radius 1 is 1.09 bits per heavy atom. The van der Waals surface area contributed by atoms with Gasteiger partial charge in [0, 0.05) is 13.0 Å². The normalized spacial score (nSPS) is 17.4. The first-order chi connectivity index (χ1) is 15.4. The van der Waals surface area contributed by atoms with Gasteiger partial charge in [0.15, 0.2) is 11.5 Å². The van der Waals surface area contributed by atoms with E-state index in [4.69, 9.17) is 9.47 Å². The first-order valence-electron chi connectivity index (χ1n) is 11.0. The number of anilines is 1. The minimum atomic E-state index is -0.822. The highest BCUT2D eigenvalue weighted by Gasteiger charge is 2.44. The van der Waals surface area contributed by atoms with E-state index in [1.165, 1.54) is 9.80 Å². The molecule has 0 saturated carbocycles. The van der Waals surface area contributed by atoms with Crippen molar-refractivity contribution in [1.29, 1.82) is 0 Å². The van der Waals surface area contributed by atoms with Gasteiger partial charge in [-0.05, 0) is 47.7 Å². The molecule has 32 heavy (non-hydrogen) atoms. The predicted octanol–water partition coefficient (Wildman–Crippen LogP) is 4.00. The van der Waals surface area contributed by atoms with Crippen LogP contribution in [0.3, 0.4) is 0 Å². The summed E-state index contributed by atoms with van der Waals surface area (Å²) in [7, 11) is 0. The molecule has 0 aromatic heterocycles. The van der Waals surface area contributed by atoms with Gasteiger partial charge in [-0.25, -0.2) is 4.90 Å². The topological polar surface area (TPSA) is 76.2 Å². The van der Waals surface area contributed by atoms with Gasteiger partial charge in [-0.15, -0.1) is 0 Å². The summed E-state index contributed by atoms with van der Waals surface area (Å²) < 4.78 is 10.8. The fraction of sp³-hybridized carbons (Fsp3) is 0.400. The highest BCUT2D eigenvalue weighted by molar-refractivity contribution is 6.23. The van der Waals surface area contributed by atoms with Crippen LogP contribution in [0.2, 0.25) is 0 Å². The number of carbonyl (C=O) groups excluding carboxylic acids is 3. The van der Waals surface area contributed by atoms with Gasteiger partial charge < -0.3 is 14.4 Å². The lowest BCUT2D eigenvalue weighted by molar-refractivity contribution is -0.139. The summed E-state index contributed by atoms with van der Waals surface area (Å²) in [5.41, 5.74) is 2.49. The second-order valence-corrected chi connectivity index (χ2v) is 8.49. The summed E-state index contributed by atoms with van der Waals surface area (Å²) in [6, 6.07) is 12.1. The van der Waals surface area contributed by atoms with Gasteiger partial charge in [0.2, 0.25) is 18.6 Å². The molecule has 2 aliphatic heterocycles. The van der Waals surface area contributed by atoms with E-state index in [9.17, 15) is 14.4 Å². The third-order valence-corrected chi connectivity index (χ3v) is 5.89. The van der Waals surface area contributed by atoms with Gasteiger partial charge in [0.05, 0.1) is 12.1 Å². The molecule has 4 rings (SSSR count). The number of imide groups is 1. The monoisotopic (exact) mass is 436 g/mol. The van der Waals surface area contributed by atoms with E-state index in [0.717, 1.165) is 11.1 Å². The molecule has 7 nitrogen and oxygen atoms in total. The molecule has 0 aliphatic carbocycles. The van der Waals surface area contributed by atoms with Crippen LogP contribution in [0.15, 0.2) is 42.5 Å². The number of ether oxygens (including phenoxy) is 2. The van der Waals surface area contributed by atoms with E-state index in [0.29, 0.717) is 35.9 Å². The van der Waals surface area contributed by atoms with E-state index >= 15 is 0 Å². The van der Waals surface area contributed by atoms with E-state index in [-0.39, 0.29) is 37.5 Å². The lowest BCUT2D eigenvalue weighted by Gasteiger charge is -2.28. The highest BCUT2D eigenvalue weighted by atomic mass is 16.7. The zero-order valence-corrected chi connectivity index (χ0v) is 18.7. The standard InChI is InChI=1S/C25H28N2O5/c1-4-5-23(28)26(14-17-6-11-21-22(12-17)32-15-31-21)20-13-24(29)27(25(20)30)19-9-7-18(8-10-19)16(2)3/h6-12,16,20H,4-5,13-15H2,1-3H3. The molecule has 1 saturated heterocycles. The van der Waals surface area contributed by atoms with Crippen molar-refractivity contribution in [2.75, 3.05) is 11.7 Å². The average molecular weight is 437 g/mol. The van der Waals surface area contributed by atoms with Crippen molar-refractivity contribution in [2.45, 2.75) is 58.5 Å². The molecule has 168 valence electrons. The molecule has 0 radical (unpaired) electrons. The number of amides is 3. The molecule has 2 aromatic rings. The van der Waals surface area contributed by atoms with Gasteiger partial charge in [-0.2, -0.15) is 0 Å². The Bertz CT molecular complexity index is 1030. The van der Waals surface area contributed by atoms with Gasteiger partial charge in [-0.3, -0.25) is 14.4 Å². The van der Waals surface area contributed by atoms with Crippen molar-refractivity contribution in [3.05, 3.63) is 53.6 Å². The zero-order valence-electron chi connectivity index (χ0n) is 18.7. The number of hydrogen-bond acceptors (Lipinski definition) is 5. The van der Waals surface area contributed by atoms with Crippen molar-refractivity contribution in [1.82, 2.24) is 4.90 Å². The highest BCUT2D eigenvalue weighted by Crippen LogP contribution is 2.34. The summed E-state index contributed by atoms with van der Waals surface area (Å²) in [5, 5.41) is 0. The maximum absolute atomic E-state index is 13.3. The van der Waals surface area contributed by atoms with Crippen molar-refractivity contribution < 1.29 is 23.9 Å². The van der Waals surface area contributed by atoms with E-state index in [1.807, 2.05) is 31.2 Å². The second kappa shape index (κ2) is 9.02. The Kier molecular flexibility index (Phi) is 6.17. The molecule has 7 heteroatoms. The molecular formula is C25H28N2O5. The first-order valence-corrected chi connectivity index (χ1v) is 11.0. The van der Waals surface area contributed by atoms with Crippen LogP contribution < -0.4 is 14.4 Å². The van der Waals surface area contributed by atoms with Gasteiger partial charge >= 0.3 is 0 Å². The van der Waals surface area contributed by atoms with E-state index in [2.05, 4.69) is 13.8 Å². The van der Waals surface area contributed by atoms with Crippen molar-refractivity contribution in [3.8, 4) is 11.5 Å². The van der Waals surface area contributed by atoms with E-state index in [1.54, 1.807) is 18.2 Å². The number of benzene rings is 2. The summed E-state index contributed by atoms with van der Waals surface area (Å²) in [6.07, 6.45) is 0.947. The Hall–Kier alpha value is -3.35. The number of hydrogen-bond donors (Lipinski definition) is 0.